The molecule has 1 fully saturated rings. The first-order valence-corrected chi connectivity index (χ1v) is 8.76. The van der Waals surface area contributed by atoms with Crippen LogP contribution in [-0.4, -0.2) is 56.6 Å². The van der Waals surface area contributed by atoms with Crippen LogP contribution in [0.4, 0.5) is 0 Å². The van der Waals surface area contributed by atoms with Gasteiger partial charge in [-0.1, -0.05) is 11.6 Å². The van der Waals surface area contributed by atoms with E-state index < -0.39 is 0 Å². The lowest BCUT2D eigenvalue weighted by atomic mass is 9.77. The van der Waals surface area contributed by atoms with Crippen molar-refractivity contribution in [1.82, 2.24) is 4.90 Å². The van der Waals surface area contributed by atoms with Crippen LogP contribution in [0.15, 0.2) is 24.3 Å². The Morgan fingerprint density at radius 3 is 2.74 bits per heavy atom. The summed E-state index contributed by atoms with van der Waals surface area (Å²) in [6.07, 6.45) is 4.26. The summed E-state index contributed by atoms with van der Waals surface area (Å²) in [4.78, 5) is 2.41. The molecule has 1 aromatic rings. The average Bonchev–Trinajstić information content (AvgIpc) is 2.57. The number of hydrogen-bond acceptors (Lipinski definition) is 4. The number of methoxy groups -OCH3 is 1. The van der Waals surface area contributed by atoms with E-state index in [-0.39, 0.29) is 12.0 Å². The molecule has 0 spiro atoms. The summed E-state index contributed by atoms with van der Waals surface area (Å²) in [5.74, 6) is 0.847. The molecule has 1 aliphatic heterocycles. The minimum absolute atomic E-state index is 0.0249. The van der Waals surface area contributed by atoms with E-state index in [1.165, 1.54) is 0 Å². The number of likely N-dealkylation sites (tertiary alicyclic amines) is 1. The molecule has 0 amide bonds. The minimum Gasteiger partial charge on any atom is -0.492 e. The fourth-order valence-electron chi connectivity index (χ4n) is 3.33. The third kappa shape index (κ3) is 5.96. The van der Waals surface area contributed by atoms with Crippen LogP contribution in [-0.2, 0) is 4.74 Å². The van der Waals surface area contributed by atoms with E-state index in [0.717, 1.165) is 62.7 Å². The van der Waals surface area contributed by atoms with E-state index >= 15 is 0 Å². The van der Waals surface area contributed by atoms with Crippen LogP contribution < -0.4 is 4.74 Å². The van der Waals surface area contributed by atoms with Crippen molar-refractivity contribution in [2.75, 3.05) is 46.6 Å². The van der Waals surface area contributed by atoms with Gasteiger partial charge >= 0.3 is 0 Å². The molecule has 130 valence electrons. The zero-order chi connectivity index (χ0) is 16.5. The van der Waals surface area contributed by atoms with E-state index in [1.807, 2.05) is 24.3 Å². The number of piperidine rings is 1. The van der Waals surface area contributed by atoms with Crippen molar-refractivity contribution >= 4 is 11.6 Å². The second-order valence-electron chi connectivity index (χ2n) is 6.44. The van der Waals surface area contributed by atoms with E-state index in [9.17, 15) is 5.11 Å². The fourth-order valence-corrected chi connectivity index (χ4v) is 3.45. The maximum absolute atomic E-state index is 9.88. The SMILES string of the molecule is COCCC[C@@]1(CO)CCCN(CCOc2ccc(Cl)cc2)C1. The molecule has 0 unspecified atom stereocenters. The van der Waals surface area contributed by atoms with Crippen LogP contribution in [0.1, 0.15) is 25.7 Å². The number of aliphatic hydroxyl groups is 1. The van der Waals surface area contributed by atoms with Crippen LogP contribution in [0.5, 0.6) is 5.75 Å². The first kappa shape index (κ1) is 18.5. The Morgan fingerprint density at radius 1 is 1.26 bits per heavy atom. The normalized spacial score (nSPS) is 22.2. The largest absolute Gasteiger partial charge is 0.492 e. The van der Waals surface area contributed by atoms with Gasteiger partial charge in [-0.25, -0.2) is 0 Å². The van der Waals surface area contributed by atoms with Crippen LogP contribution in [0.3, 0.4) is 0 Å². The maximum Gasteiger partial charge on any atom is 0.119 e. The van der Waals surface area contributed by atoms with Gasteiger partial charge in [0.2, 0.25) is 0 Å². The van der Waals surface area contributed by atoms with Crippen molar-refractivity contribution in [3.05, 3.63) is 29.3 Å². The predicted molar refractivity (Wildman–Crippen MR) is 93.2 cm³/mol. The minimum atomic E-state index is 0.0249. The zero-order valence-corrected chi connectivity index (χ0v) is 14.7. The molecule has 1 N–H and O–H groups in total. The van der Waals surface area contributed by atoms with Crippen LogP contribution in [0.2, 0.25) is 5.02 Å². The van der Waals surface area contributed by atoms with Gasteiger partial charge in [0.15, 0.2) is 0 Å². The molecule has 5 heteroatoms. The lowest BCUT2D eigenvalue weighted by molar-refractivity contribution is 0.0147. The molecule has 1 saturated heterocycles. The smallest absolute Gasteiger partial charge is 0.119 e. The van der Waals surface area contributed by atoms with Gasteiger partial charge in [0, 0.05) is 43.9 Å². The number of rotatable bonds is 9. The summed E-state index contributed by atoms with van der Waals surface area (Å²) >= 11 is 5.87. The Balaban J connectivity index is 1.77. The Morgan fingerprint density at radius 2 is 2.04 bits per heavy atom. The van der Waals surface area contributed by atoms with E-state index in [4.69, 9.17) is 21.1 Å². The van der Waals surface area contributed by atoms with Gasteiger partial charge in [0.1, 0.15) is 12.4 Å². The van der Waals surface area contributed by atoms with Crippen molar-refractivity contribution < 1.29 is 14.6 Å². The highest BCUT2D eigenvalue weighted by Crippen LogP contribution is 2.34. The van der Waals surface area contributed by atoms with Gasteiger partial charge in [-0.2, -0.15) is 0 Å². The lowest BCUT2D eigenvalue weighted by Gasteiger charge is -2.42. The van der Waals surface area contributed by atoms with E-state index in [0.29, 0.717) is 6.61 Å². The van der Waals surface area contributed by atoms with Gasteiger partial charge in [0.25, 0.3) is 0 Å². The molecule has 2 rings (SSSR count). The molecule has 23 heavy (non-hydrogen) atoms. The highest BCUT2D eigenvalue weighted by atomic mass is 35.5. The van der Waals surface area contributed by atoms with Gasteiger partial charge < -0.3 is 14.6 Å². The van der Waals surface area contributed by atoms with Gasteiger partial charge in [-0.15, -0.1) is 0 Å². The van der Waals surface area contributed by atoms with E-state index in [2.05, 4.69) is 4.90 Å². The number of ether oxygens (including phenoxy) is 2. The van der Waals surface area contributed by atoms with Gasteiger partial charge in [-0.3, -0.25) is 4.90 Å². The predicted octanol–water partition coefficient (Wildman–Crippen LogP) is 3.22. The molecule has 0 bridgehead atoms. The van der Waals surface area contributed by atoms with Gasteiger partial charge in [-0.05, 0) is 56.5 Å². The summed E-state index contributed by atoms with van der Waals surface area (Å²) in [7, 11) is 1.73. The summed E-state index contributed by atoms with van der Waals surface area (Å²) in [5.41, 5.74) is 0.0249. The van der Waals surface area contributed by atoms with Crippen molar-refractivity contribution in [3.63, 3.8) is 0 Å². The zero-order valence-electron chi connectivity index (χ0n) is 14.0. The average molecular weight is 342 g/mol. The van der Waals surface area contributed by atoms with Gasteiger partial charge in [0.05, 0.1) is 0 Å². The van der Waals surface area contributed by atoms with Crippen LogP contribution >= 0.6 is 11.6 Å². The number of halogens is 1. The Kier molecular flexibility index (Phi) is 7.63. The highest BCUT2D eigenvalue weighted by molar-refractivity contribution is 6.30. The molecular formula is C18H28ClNO3. The second kappa shape index (κ2) is 9.48. The molecule has 0 radical (unpaired) electrons. The van der Waals surface area contributed by atoms with Crippen molar-refractivity contribution in [3.8, 4) is 5.75 Å². The topological polar surface area (TPSA) is 41.9 Å². The van der Waals surface area contributed by atoms with Crippen molar-refractivity contribution in [2.24, 2.45) is 5.41 Å². The molecule has 1 atom stereocenters. The first-order chi connectivity index (χ1) is 11.2. The highest BCUT2D eigenvalue weighted by Gasteiger charge is 2.34. The Hall–Kier alpha value is -0.810. The molecular weight excluding hydrogens is 314 g/mol. The third-order valence-corrected chi connectivity index (χ3v) is 4.87. The molecule has 0 aromatic heterocycles. The maximum atomic E-state index is 9.88. The lowest BCUT2D eigenvalue weighted by Crippen LogP contribution is -2.46. The molecule has 0 saturated carbocycles. The summed E-state index contributed by atoms with van der Waals surface area (Å²) in [6.45, 7) is 4.58. The fraction of sp³-hybridized carbons (Fsp3) is 0.667. The van der Waals surface area contributed by atoms with Crippen LogP contribution in [0, 0.1) is 5.41 Å². The monoisotopic (exact) mass is 341 g/mol. The van der Waals surface area contributed by atoms with Crippen molar-refractivity contribution in [1.29, 1.82) is 0 Å². The number of nitrogens with zero attached hydrogens (tertiary/aromatic N) is 1. The van der Waals surface area contributed by atoms with Crippen molar-refractivity contribution in [2.45, 2.75) is 25.7 Å². The third-order valence-electron chi connectivity index (χ3n) is 4.62. The van der Waals surface area contributed by atoms with Crippen LogP contribution in [0.25, 0.3) is 0 Å². The molecule has 0 aliphatic carbocycles. The molecule has 1 heterocycles. The standard InChI is InChI=1S/C18H28ClNO3/c1-22-12-3-9-18(15-21)8-2-10-20(14-18)11-13-23-17-6-4-16(19)5-7-17/h4-7,21H,2-3,8-15H2,1H3/t18-/m0/s1. The summed E-state index contributed by atoms with van der Waals surface area (Å²) < 4.78 is 10.9. The summed E-state index contributed by atoms with van der Waals surface area (Å²) in [6, 6.07) is 7.46. The molecule has 1 aromatic carbocycles. The Bertz CT molecular complexity index is 454. The Labute approximate surface area is 144 Å². The first-order valence-electron chi connectivity index (χ1n) is 8.38. The number of benzene rings is 1. The summed E-state index contributed by atoms with van der Waals surface area (Å²) in [5, 5.41) is 10.6. The quantitative estimate of drug-likeness (QED) is 0.700. The van der Waals surface area contributed by atoms with E-state index in [1.54, 1.807) is 7.11 Å². The second-order valence-corrected chi connectivity index (χ2v) is 6.87. The molecule has 4 nitrogen and oxygen atoms in total. The number of hydrogen-bond donors (Lipinski definition) is 1. The number of aliphatic hydroxyl groups excluding tert-OH is 1. The molecule has 1 aliphatic rings.